The minimum absolute atomic E-state index is 0.0903. The van der Waals surface area contributed by atoms with Gasteiger partial charge in [0.2, 0.25) is 0 Å². The van der Waals surface area contributed by atoms with Gasteiger partial charge in [-0.25, -0.2) is 9.67 Å². The summed E-state index contributed by atoms with van der Waals surface area (Å²) in [6.07, 6.45) is 6.30. The second kappa shape index (κ2) is 4.58. The van der Waals surface area contributed by atoms with Crippen LogP contribution in [0.15, 0.2) is 36.8 Å². The Morgan fingerprint density at radius 1 is 1.17 bits per heavy atom. The summed E-state index contributed by atoms with van der Waals surface area (Å²) in [5.74, 6) is 0. The lowest BCUT2D eigenvalue weighted by Crippen LogP contribution is -2.00. The third kappa shape index (κ3) is 2.10. The topological polar surface area (TPSA) is 68.2 Å². The molecular weight excluding hydrogens is 230 g/mol. The number of hydrogen-bond acceptors (Lipinski definition) is 4. The first-order chi connectivity index (χ1) is 8.85. The summed E-state index contributed by atoms with van der Waals surface area (Å²) in [6, 6.07) is 5.89. The van der Waals surface area contributed by atoms with Gasteiger partial charge in [-0.1, -0.05) is 11.3 Å². The van der Waals surface area contributed by atoms with Crippen LogP contribution in [0.1, 0.15) is 11.4 Å². The minimum Gasteiger partial charge on any atom is -0.396 e. The van der Waals surface area contributed by atoms with Gasteiger partial charge in [-0.2, -0.15) is 0 Å². The molecule has 0 radical (unpaired) electrons. The first-order valence-electron chi connectivity index (χ1n) is 5.77. The van der Waals surface area contributed by atoms with Crippen molar-refractivity contribution in [1.29, 1.82) is 0 Å². The normalized spacial score (nSPS) is 11.2. The van der Waals surface area contributed by atoms with Gasteiger partial charge in [0.1, 0.15) is 5.65 Å². The van der Waals surface area contributed by atoms with Crippen LogP contribution < -0.4 is 0 Å². The number of imidazole rings is 1. The van der Waals surface area contributed by atoms with Gasteiger partial charge in [-0.3, -0.25) is 0 Å². The molecule has 0 aliphatic carbocycles. The number of pyridine rings is 1. The van der Waals surface area contributed by atoms with Gasteiger partial charge >= 0.3 is 0 Å². The van der Waals surface area contributed by atoms with Gasteiger partial charge in [-0.15, -0.1) is 5.10 Å². The predicted molar refractivity (Wildman–Crippen MR) is 65.1 cm³/mol. The zero-order valence-electron chi connectivity index (χ0n) is 9.77. The molecule has 3 rings (SSSR count). The Morgan fingerprint density at radius 2 is 2.11 bits per heavy atom. The number of aliphatic hydroxyl groups excluding tert-OH is 1. The third-order valence-corrected chi connectivity index (χ3v) is 2.69. The molecule has 0 fully saturated rings. The molecule has 0 atom stereocenters. The van der Waals surface area contributed by atoms with E-state index in [0.29, 0.717) is 13.0 Å². The van der Waals surface area contributed by atoms with E-state index >= 15 is 0 Å². The van der Waals surface area contributed by atoms with Gasteiger partial charge in [0.05, 0.1) is 17.9 Å². The van der Waals surface area contributed by atoms with E-state index in [1.165, 1.54) is 0 Å². The standard InChI is InChI=1S/C12H13N5O/c18-6-4-10-8-17(15-14-10)9-11-7-16-5-2-1-3-12(16)13-11/h1-3,5,7-8,18H,4,6,9H2. The van der Waals surface area contributed by atoms with Gasteiger partial charge in [0.25, 0.3) is 0 Å². The molecule has 0 spiro atoms. The van der Waals surface area contributed by atoms with Crippen LogP contribution in [0, 0.1) is 0 Å². The number of rotatable bonds is 4. The first-order valence-corrected chi connectivity index (χ1v) is 5.77. The fraction of sp³-hybridized carbons (Fsp3) is 0.250. The van der Waals surface area contributed by atoms with Crippen molar-refractivity contribution in [2.75, 3.05) is 6.61 Å². The van der Waals surface area contributed by atoms with E-state index in [1.54, 1.807) is 4.68 Å². The van der Waals surface area contributed by atoms with E-state index < -0.39 is 0 Å². The lowest BCUT2D eigenvalue weighted by Gasteiger charge is -1.94. The molecule has 0 aliphatic rings. The lowest BCUT2D eigenvalue weighted by atomic mass is 10.3. The zero-order valence-corrected chi connectivity index (χ0v) is 9.77. The summed E-state index contributed by atoms with van der Waals surface area (Å²) in [7, 11) is 0. The van der Waals surface area contributed by atoms with Crippen molar-refractivity contribution in [2.24, 2.45) is 0 Å². The molecule has 6 nitrogen and oxygen atoms in total. The van der Waals surface area contributed by atoms with Crippen molar-refractivity contribution in [1.82, 2.24) is 24.4 Å². The molecule has 18 heavy (non-hydrogen) atoms. The smallest absolute Gasteiger partial charge is 0.137 e. The first kappa shape index (κ1) is 10.9. The van der Waals surface area contributed by atoms with Crippen molar-refractivity contribution >= 4 is 5.65 Å². The van der Waals surface area contributed by atoms with Gasteiger partial charge in [0, 0.05) is 31.6 Å². The van der Waals surface area contributed by atoms with Gasteiger partial charge < -0.3 is 9.51 Å². The molecular formula is C12H13N5O. The van der Waals surface area contributed by atoms with Gasteiger partial charge in [-0.05, 0) is 12.1 Å². The molecule has 0 aromatic carbocycles. The molecule has 3 aromatic heterocycles. The van der Waals surface area contributed by atoms with Crippen LogP contribution in [0.4, 0.5) is 0 Å². The van der Waals surface area contributed by atoms with E-state index in [9.17, 15) is 0 Å². The number of aromatic nitrogens is 5. The highest BCUT2D eigenvalue weighted by molar-refractivity contribution is 5.39. The summed E-state index contributed by atoms with van der Waals surface area (Å²) >= 11 is 0. The van der Waals surface area contributed by atoms with Crippen LogP contribution in [-0.4, -0.2) is 36.1 Å². The average Bonchev–Trinajstić information content (AvgIpc) is 2.96. The third-order valence-electron chi connectivity index (χ3n) is 2.69. The van der Waals surface area contributed by atoms with Crippen molar-refractivity contribution in [3.8, 4) is 0 Å². The SMILES string of the molecule is OCCc1cn(Cc2cn3ccccc3n2)nn1. The molecule has 0 saturated carbocycles. The highest BCUT2D eigenvalue weighted by atomic mass is 16.3. The fourth-order valence-corrected chi connectivity index (χ4v) is 1.87. The number of nitrogens with zero attached hydrogens (tertiary/aromatic N) is 5. The maximum atomic E-state index is 8.82. The Kier molecular flexibility index (Phi) is 2.77. The maximum absolute atomic E-state index is 8.82. The number of aliphatic hydroxyl groups is 1. The van der Waals surface area contributed by atoms with Crippen LogP contribution in [0.25, 0.3) is 5.65 Å². The van der Waals surface area contributed by atoms with Crippen molar-refractivity contribution in [3.05, 3.63) is 48.2 Å². The Morgan fingerprint density at radius 3 is 2.94 bits per heavy atom. The molecule has 1 N–H and O–H groups in total. The van der Waals surface area contributed by atoms with Gasteiger partial charge in [0.15, 0.2) is 0 Å². The molecule has 0 amide bonds. The maximum Gasteiger partial charge on any atom is 0.137 e. The molecule has 3 heterocycles. The van der Waals surface area contributed by atoms with Crippen molar-refractivity contribution in [3.63, 3.8) is 0 Å². The van der Waals surface area contributed by atoms with Crippen LogP contribution >= 0.6 is 0 Å². The molecule has 0 unspecified atom stereocenters. The molecule has 92 valence electrons. The number of fused-ring (bicyclic) bond motifs is 1. The molecule has 0 bridgehead atoms. The van der Waals surface area contributed by atoms with E-state index in [0.717, 1.165) is 17.0 Å². The van der Waals surface area contributed by atoms with E-state index in [4.69, 9.17) is 5.11 Å². The van der Waals surface area contributed by atoms with Crippen LogP contribution in [0.3, 0.4) is 0 Å². The molecule has 0 saturated heterocycles. The lowest BCUT2D eigenvalue weighted by molar-refractivity contribution is 0.298. The average molecular weight is 243 g/mol. The Labute approximate surface area is 104 Å². The van der Waals surface area contributed by atoms with Crippen LogP contribution in [-0.2, 0) is 13.0 Å². The van der Waals surface area contributed by atoms with E-state index in [1.807, 2.05) is 41.2 Å². The largest absolute Gasteiger partial charge is 0.396 e. The Hall–Kier alpha value is -2.21. The quantitative estimate of drug-likeness (QED) is 0.725. The highest BCUT2D eigenvalue weighted by Gasteiger charge is 2.04. The molecule has 3 aromatic rings. The fourth-order valence-electron chi connectivity index (χ4n) is 1.87. The van der Waals surface area contributed by atoms with Crippen molar-refractivity contribution in [2.45, 2.75) is 13.0 Å². The summed E-state index contributed by atoms with van der Waals surface area (Å²) in [5.41, 5.74) is 2.64. The monoisotopic (exact) mass is 243 g/mol. The zero-order chi connectivity index (χ0) is 12.4. The molecule has 6 heteroatoms. The minimum atomic E-state index is 0.0903. The molecule has 0 aliphatic heterocycles. The highest BCUT2D eigenvalue weighted by Crippen LogP contribution is 2.06. The van der Waals surface area contributed by atoms with E-state index in [2.05, 4.69) is 15.3 Å². The second-order valence-electron chi connectivity index (χ2n) is 4.08. The van der Waals surface area contributed by atoms with Crippen LogP contribution in [0.5, 0.6) is 0 Å². The number of hydrogen-bond donors (Lipinski definition) is 1. The summed E-state index contributed by atoms with van der Waals surface area (Å²) in [4.78, 5) is 4.49. The summed E-state index contributed by atoms with van der Waals surface area (Å²) in [6.45, 7) is 0.674. The van der Waals surface area contributed by atoms with Crippen molar-refractivity contribution < 1.29 is 5.11 Å². The van der Waals surface area contributed by atoms with E-state index in [-0.39, 0.29) is 6.61 Å². The summed E-state index contributed by atoms with van der Waals surface area (Å²) in [5, 5.41) is 16.8. The second-order valence-corrected chi connectivity index (χ2v) is 4.08. The Balaban J connectivity index is 1.82. The predicted octanol–water partition coefficient (Wildman–Crippen LogP) is 0.509. The van der Waals surface area contributed by atoms with Crippen LogP contribution in [0.2, 0.25) is 0 Å². The summed E-state index contributed by atoms with van der Waals surface area (Å²) < 4.78 is 3.70. The Bertz CT molecular complexity index is 624.